The van der Waals surface area contributed by atoms with Crippen molar-refractivity contribution in [3.05, 3.63) is 29.0 Å². The Hall–Kier alpha value is -2.21. The second-order valence-electron chi connectivity index (χ2n) is 4.55. The van der Waals surface area contributed by atoms with Gasteiger partial charge in [-0.05, 0) is 18.2 Å². The molecule has 2 heterocycles. The van der Waals surface area contributed by atoms with Crippen molar-refractivity contribution < 1.29 is 9.53 Å². The van der Waals surface area contributed by atoms with Gasteiger partial charge in [0.1, 0.15) is 12.4 Å². The molecule has 2 aromatic heterocycles. The van der Waals surface area contributed by atoms with Crippen LogP contribution in [0.15, 0.2) is 18.2 Å². The van der Waals surface area contributed by atoms with Gasteiger partial charge in [0, 0.05) is 11.4 Å². The zero-order chi connectivity index (χ0) is 15.0. The van der Waals surface area contributed by atoms with E-state index in [-0.39, 0.29) is 12.5 Å². The number of aryl methyl sites for hydroxylation is 1. The molecule has 108 valence electrons. The van der Waals surface area contributed by atoms with E-state index >= 15 is 0 Å². The Balaban J connectivity index is 2.25. The van der Waals surface area contributed by atoms with Gasteiger partial charge in [-0.15, -0.1) is 0 Å². The molecule has 0 N–H and O–H groups in total. The maximum absolute atomic E-state index is 11.6. The number of hydrogen-bond donors (Lipinski definition) is 0. The third kappa shape index (κ3) is 2.42. The molecule has 0 saturated heterocycles. The molecule has 21 heavy (non-hydrogen) atoms. The van der Waals surface area contributed by atoms with Gasteiger partial charge in [-0.3, -0.25) is 9.36 Å². The fourth-order valence-electron chi connectivity index (χ4n) is 2.20. The van der Waals surface area contributed by atoms with Crippen LogP contribution in [0.2, 0.25) is 5.02 Å². The number of halogens is 1. The van der Waals surface area contributed by atoms with Crippen molar-refractivity contribution in [1.29, 1.82) is 0 Å². The van der Waals surface area contributed by atoms with Gasteiger partial charge in [0.15, 0.2) is 11.3 Å². The van der Waals surface area contributed by atoms with Crippen LogP contribution in [0.5, 0.6) is 0 Å². The number of nitrogens with zero attached hydrogens (tertiary/aromatic N) is 4. The quantitative estimate of drug-likeness (QED) is 0.695. The lowest BCUT2D eigenvalue weighted by Gasteiger charge is -2.05. The molecular formula is C14H13ClN4O2. The maximum Gasteiger partial charge on any atom is 0.325 e. The number of methoxy groups -OCH3 is 1. The molecule has 0 fully saturated rings. The van der Waals surface area contributed by atoms with Crippen molar-refractivity contribution >= 4 is 39.9 Å². The lowest BCUT2D eigenvalue weighted by molar-refractivity contribution is -0.141. The Kier molecular flexibility index (Phi) is 3.47. The van der Waals surface area contributed by atoms with Gasteiger partial charge in [-0.25, -0.2) is 15.0 Å². The molecule has 0 aliphatic rings. The second kappa shape index (κ2) is 5.29. The Labute approximate surface area is 125 Å². The molecule has 1 aromatic carbocycles. The van der Waals surface area contributed by atoms with Gasteiger partial charge < -0.3 is 4.74 Å². The number of hydrogen-bond acceptors (Lipinski definition) is 5. The summed E-state index contributed by atoms with van der Waals surface area (Å²) in [7, 11) is 1.36. The van der Waals surface area contributed by atoms with E-state index in [1.54, 1.807) is 22.8 Å². The molecule has 0 unspecified atom stereocenters. The molecule has 0 atom stereocenters. The number of carbonyl (C=O) groups excluding carboxylic acids is 1. The predicted molar refractivity (Wildman–Crippen MR) is 79.2 cm³/mol. The summed E-state index contributed by atoms with van der Waals surface area (Å²) in [6, 6.07) is 5.30. The first-order valence-electron chi connectivity index (χ1n) is 6.51. The highest BCUT2D eigenvalue weighted by molar-refractivity contribution is 6.31. The predicted octanol–water partition coefficient (Wildman–Crippen LogP) is 2.37. The molecule has 0 saturated carbocycles. The fourth-order valence-corrected chi connectivity index (χ4v) is 2.37. The standard InChI is InChI=1S/C14H13ClN4O2/c1-3-11-18-13-14(19(11)7-12(20)21-2)17-9-5-4-8(15)6-10(9)16-13/h4-6H,3,7H2,1-2H3. The third-order valence-corrected chi connectivity index (χ3v) is 3.46. The van der Waals surface area contributed by atoms with E-state index in [1.165, 1.54) is 7.11 Å². The average molecular weight is 305 g/mol. The number of fused-ring (bicyclic) bond motifs is 2. The zero-order valence-corrected chi connectivity index (χ0v) is 12.4. The smallest absolute Gasteiger partial charge is 0.325 e. The zero-order valence-electron chi connectivity index (χ0n) is 11.6. The van der Waals surface area contributed by atoms with Crippen molar-refractivity contribution in [1.82, 2.24) is 19.5 Å². The molecule has 0 radical (unpaired) electrons. The normalized spacial score (nSPS) is 11.2. The van der Waals surface area contributed by atoms with Gasteiger partial charge in [-0.1, -0.05) is 18.5 Å². The van der Waals surface area contributed by atoms with E-state index in [4.69, 9.17) is 16.3 Å². The van der Waals surface area contributed by atoms with Gasteiger partial charge in [-0.2, -0.15) is 0 Å². The van der Waals surface area contributed by atoms with Crippen LogP contribution in [-0.2, 0) is 22.5 Å². The van der Waals surface area contributed by atoms with Crippen molar-refractivity contribution in [2.24, 2.45) is 0 Å². The van der Waals surface area contributed by atoms with Crippen LogP contribution in [0.1, 0.15) is 12.7 Å². The highest BCUT2D eigenvalue weighted by Gasteiger charge is 2.16. The summed E-state index contributed by atoms with van der Waals surface area (Å²) in [5, 5.41) is 0.598. The molecular weight excluding hydrogens is 292 g/mol. The molecule has 0 spiro atoms. The number of aromatic nitrogens is 4. The number of carbonyl (C=O) groups is 1. The second-order valence-corrected chi connectivity index (χ2v) is 4.98. The van der Waals surface area contributed by atoms with Crippen molar-refractivity contribution in [3.8, 4) is 0 Å². The molecule has 7 heteroatoms. The summed E-state index contributed by atoms with van der Waals surface area (Å²) < 4.78 is 6.46. The highest BCUT2D eigenvalue weighted by atomic mass is 35.5. The minimum Gasteiger partial charge on any atom is -0.468 e. The SMILES string of the molecule is CCc1nc2nc3cc(Cl)ccc3nc2n1CC(=O)OC. The minimum atomic E-state index is -0.345. The Morgan fingerprint density at radius 3 is 2.81 bits per heavy atom. The monoisotopic (exact) mass is 304 g/mol. The summed E-state index contributed by atoms with van der Waals surface area (Å²) in [5.41, 5.74) is 2.47. The first kappa shape index (κ1) is 13.8. The van der Waals surface area contributed by atoms with Crippen molar-refractivity contribution in [2.75, 3.05) is 7.11 Å². The average Bonchev–Trinajstić information content (AvgIpc) is 2.81. The fraction of sp³-hybridized carbons (Fsp3) is 0.286. The van der Waals surface area contributed by atoms with Crippen LogP contribution < -0.4 is 0 Å². The number of imidazole rings is 1. The summed E-state index contributed by atoms with van der Waals surface area (Å²) >= 11 is 5.97. The third-order valence-electron chi connectivity index (χ3n) is 3.22. The number of rotatable bonds is 3. The lowest BCUT2D eigenvalue weighted by Crippen LogP contribution is -2.14. The van der Waals surface area contributed by atoms with Gasteiger partial charge >= 0.3 is 5.97 Å². The molecule has 0 amide bonds. The van der Waals surface area contributed by atoms with Crippen LogP contribution >= 0.6 is 11.6 Å². The molecule has 3 rings (SSSR count). The summed E-state index contributed by atoms with van der Waals surface area (Å²) in [6.07, 6.45) is 0.673. The van der Waals surface area contributed by atoms with E-state index in [0.29, 0.717) is 33.8 Å². The van der Waals surface area contributed by atoms with Crippen LogP contribution in [0.25, 0.3) is 22.3 Å². The van der Waals surface area contributed by atoms with Crippen LogP contribution in [0, 0.1) is 0 Å². The lowest BCUT2D eigenvalue weighted by atomic mass is 10.3. The van der Waals surface area contributed by atoms with E-state index in [9.17, 15) is 4.79 Å². The van der Waals surface area contributed by atoms with Crippen molar-refractivity contribution in [2.45, 2.75) is 19.9 Å². The minimum absolute atomic E-state index is 0.0734. The largest absolute Gasteiger partial charge is 0.468 e. The summed E-state index contributed by atoms with van der Waals surface area (Å²) in [4.78, 5) is 25.0. The molecule has 0 aliphatic carbocycles. The number of benzene rings is 1. The molecule has 0 bridgehead atoms. The Bertz CT molecular complexity index is 844. The molecule has 0 aliphatic heterocycles. The molecule has 6 nitrogen and oxygen atoms in total. The first-order chi connectivity index (χ1) is 10.1. The maximum atomic E-state index is 11.6. The first-order valence-corrected chi connectivity index (χ1v) is 6.89. The Morgan fingerprint density at radius 1 is 1.29 bits per heavy atom. The summed E-state index contributed by atoms with van der Waals surface area (Å²) in [6.45, 7) is 2.04. The Morgan fingerprint density at radius 2 is 2.10 bits per heavy atom. The van der Waals surface area contributed by atoms with Crippen LogP contribution in [0.3, 0.4) is 0 Å². The van der Waals surface area contributed by atoms with Gasteiger partial charge in [0.2, 0.25) is 0 Å². The number of esters is 1. The van der Waals surface area contributed by atoms with Crippen molar-refractivity contribution in [3.63, 3.8) is 0 Å². The van der Waals surface area contributed by atoms with E-state index in [1.807, 2.05) is 6.92 Å². The summed E-state index contributed by atoms with van der Waals surface area (Å²) in [5.74, 6) is 0.402. The molecule has 3 aromatic rings. The van der Waals surface area contributed by atoms with Gasteiger partial charge in [0.05, 0.1) is 18.1 Å². The van der Waals surface area contributed by atoms with E-state index < -0.39 is 0 Å². The van der Waals surface area contributed by atoms with Crippen LogP contribution in [0.4, 0.5) is 0 Å². The topological polar surface area (TPSA) is 69.9 Å². The van der Waals surface area contributed by atoms with E-state index in [0.717, 1.165) is 5.82 Å². The number of ether oxygens (including phenoxy) is 1. The highest BCUT2D eigenvalue weighted by Crippen LogP contribution is 2.20. The van der Waals surface area contributed by atoms with Crippen LogP contribution in [-0.4, -0.2) is 32.6 Å². The van der Waals surface area contributed by atoms with E-state index in [2.05, 4.69) is 15.0 Å². The van der Waals surface area contributed by atoms with Gasteiger partial charge in [0.25, 0.3) is 0 Å².